The van der Waals surface area contributed by atoms with E-state index in [0.717, 1.165) is 38.2 Å². The van der Waals surface area contributed by atoms with Gasteiger partial charge in [-0.3, -0.25) is 0 Å². The van der Waals surface area contributed by atoms with E-state index in [2.05, 4.69) is 17.5 Å². The summed E-state index contributed by atoms with van der Waals surface area (Å²) < 4.78 is 0. The van der Waals surface area contributed by atoms with E-state index in [1.54, 1.807) is 0 Å². The van der Waals surface area contributed by atoms with Crippen LogP contribution >= 0.6 is 12.6 Å². The lowest BCUT2D eigenvalue weighted by molar-refractivity contribution is -0.00364. The van der Waals surface area contributed by atoms with Gasteiger partial charge in [-0.2, -0.15) is 12.6 Å². The lowest BCUT2D eigenvalue weighted by atomic mass is 9.94. The monoisotopic (exact) mass is 175 g/mol. The van der Waals surface area contributed by atoms with Crippen molar-refractivity contribution in [1.82, 2.24) is 4.90 Å². The van der Waals surface area contributed by atoms with Crippen LogP contribution in [-0.2, 0) is 0 Å². The maximum Gasteiger partial charge on any atom is 0.0644 e. The fourth-order valence-corrected chi connectivity index (χ4v) is 1.68. The van der Waals surface area contributed by atoms with Crippen molar-refractivity contribution >= 4 is 12.6 Å². The third kappa shape index (κ3) is 3.01. The fourth-order valence-electron chi connectivity index (χ4n) is 1.40. The van der Waals surface area contributed by atoms with Crippen LogP contribution in [0, 0.1) is 0 Å². The van der Waals surface area contributed by atoms with Gasteiger partial charge in [-0.25, -0.2) is 0 Å². The number of likely N-dealkylation sites (tertiary alicyclic amines) is 1. The molecular formula is C8H17NOS. The summed E-state index contributed by atoms with van der Waals surface area (Å²) in [7, 11) is 0. The van der Waals surface area contributed by atoms with Gasteiger partial charge < -0.3 is 10.0 Å². The zero-order valence-corrected chi connectivity index (χ0v) is 7.98. The Bertz CT molecular complexity index is 117. The topological polar surface area (TPSA) is 23.5 Å². The average Bonchev–Trinajstić information content (AvgIpc) is 1.94. The predicted molar refractivity (Wildman–Crippen MR) is 50.2 cm³/mol. The maximum absolute atomic E-state index is 9.61. The summed E-state index contributed by atoms with van der Waals surface area (Å²) in [6, 6.07) is 0. The second-order valence-electron chi connectivity index (χ2n) is 3.56. The molecule has 11 heavy (non-hydrogen) atoms. The van der Waals surface area contributed by atoms with E-state index in [1.165, 1.54) is 0 Å². The number of piperidine rings is 1. The Kier molecular flexibility index (Phi) is 3.22. The summed E-state index contributed by atoms with van der Waals surface area (Å²) in [6.45, 7) is 5.02. The first kappa shape index (κ1) is 9.36. The molecule has 0 aliphatic carbocycles. The van der Waals surface area contributed by atoms with Gasteiger partial charge in [-0.1, -0.05) is 0 Å². The first-order valence-corrected chi connectivity index (χ1v) is 4.83. The molecule has 0 saturated carbocycles. The largest absolute Gasteiger partial charge is 0.390 e. The summed E-state index contributed by atoms with van der Waals surface area (Å²) in [6.07, 6.45) is 1.81. The molecule has 66 valence electrons. The number of hydrogen-bond donors (Lipinski definition) is 2. The Labute approximate surface area is 74.0 Å². The molecule has 1 rings (SSSR count). The van der Waals surface area contributed by atoms with Gasteiger partial charge in [0.25, 0.3) is 0 Å². The molecule has 1 aliphatic rings. The van der Waals surface area contributed by atoms with Crippen molar-refractivity contribution in [3.63, 3.8) is 0 Å². The van der Waals surface area contributed by atoms with Gasteiger partial charge in [-0.05, 0) is 19.8 Å². The minimum absolute atomic E-state index is 0.410. The first-order valence-electron chi connectivity index (χ1n) is 4.20. The highest BCUT2D eigenvalue weighted by molar-refractivity contribution is 7.80. The highest BCUT2D eigenvalue weighted by atomic mass is 32.1. The molecule has 1 aliphatic heterocycles. The Morgan fingerprint density at radius 3 is 2.45 bits per heavy atom. The van der Waals surface area contributed by atoms with Crippen LogP contribution in [0.2, 0.25) is 0 Å². The lowest BCUT2D eigenvalue weighted by Crippen LogP contribution is -2.43. The van der Waals surface area contributed by atoms with Crippen LogP contribution in [0.15, 0.2) is 0 Å². The third-order valence-electron chi connectivity index (χ3n) is 2.35. The molecular weight excluding hydrogens is 158 g/mol. The lowest BCUT2D eigenvalue weighted by Gasteiger charge is -2.35. The Morgan fingerprint density at radius 2 is 2.00 bits per heavy atom. The van der Waals surface area contributed by atoms with E-state index < -0.39 is 5.60 Å². The highest BCUT2D eigenvalue weighted by Crippen LogP contribution is 2.20. The van der Waals surface area contributed by atoms with Crippen LogP contribution in [-0.4, -0.2) is 41.0 Å². The van der Waals surface area contributed by atoms with Crippen molar-refractivity contribution < 1.29 is 5.11 Å². The Balaban J connectivity index is 2.25. The Hall–Kier alpha value is 0.270. The molecule has 3 heteroatoms. The molecule has 1 heterocycles. The van der Waals surface area contributed by atoms with E-state index in [-0.39, 0.29) is 0 Å². The van der Waals surface area contributed by atoms with Gasteiger partial charge in [0.1, 0.15) is 0 Å². The molecule has 0 aromatic rings. The van der Waals surface area contributed by atoms with Gasteiger partial charge in [0.15, 0.2) is 0 Å². The molecule has 1 saturated heterocycles. The maximum atomic E-state index is 9.61. The van der Waals surface area contributed by atoms with E-state index in [0.29, 0.717) is 0 Å². The highest BCUT2D eigenvalue weighted by Gasteiger charge is 2.26. The van der Waals surface area contributed by atoms with Crippen molar-refractivity contribution in [2.24, 2.45) is 0 Å². The van der Waals surface area contributed by atoms with E-state index in [1.807, 2.05) is 6.92 Å². The molecule has 1 fully saturated rings. The predicted octanol–water partition coefficient (Wildman–Crippen LogP) is 0.763. The standard InChI is InChI=1S/C8H17NOS/c1-8(10)2-4-9(5-3-8)6-7-11/h10-11H,2-7H2,1H3. The summed E-state index contributed by atoms with van der Waals surface area (Å²) in [5.41, 5.74) is -0.410. The van der Waals surface area contributed by atoms with E-state index in [9.17, 15) is 5.11 Å². The molecule has 0 atom stereocenters. The van der Waals surface area contributed by atoms with Crippen LogP contribution in [0.25, 0.3) is 0 Å². The number of hydrogen-bond acceptors (Lipinski definition) is 3. The normalized spacial score (nSPS) is 25.4. The molecule has 0 spiro atoms. The molecule has 0 radical (unpaired) electrons. The molecule has 0 aromatic heterocycles. The van der Waals surface area contributed by atoms with Crippen molar-refractivity contribution in [3.05, 3.63) is 0 Å². The third-order valence-corrected chi connectivity index (χ3v) is 2.55. The zero-order valence-electron chi connectivity index (χ0n) is 7.08. The van der Waals surface area contributed by atoms with Crippen LogP contribution < -0.4 is 0 Å². The van der Waals surface area contributed by atoms with Crippen molar-refractivity contribution in [1.29, 1.82) is 0 Å². The number of aliphatic hydroxyl groups is 1. The minimum Gasteiger partial charge on any atom is -0.390 e. The first-order chi connectivity index (χ1) is 5.14. The van der Waals surface area contributed by atoms with Crippen molar-refractivity contribution in [2.45, 2.75) is 25.4 Å². The summed E-state index contributed by atoms with van der Waals surface area (Å²) in [4.78, 5) is 2.35. The second kappa shape index (κ2) is 3.78. The number of thiol groups is 1. The van der Waals surface area contributed by atoms with Crippen molar-refractivity contribution in [2.75, 3.05) is 25.4 Å². The molecule has 2 nitrogen and oxygen atoms in total. The number of nitrogens with zero attached hydrogens (tertiary/aromatic N) is 1. The smallest absolute Gasteiger partial charge is 0.0644 e. The van der Waals surface area contributed by atoms with Crippen LogP contribution in [0.1, 0.15) is 19.8 Å². The van der Waals surface area contributed by atoms with Gasteiger partial charge >= 0.3 is 0 Å². The van der Waals surface area contributed by atoms with Gasteiger partial charge in [0, 0.05) is 25.4 Å². The van der Waals surface area contributed by atoms with Gasteiger partial charge in [0.2, 0.25) is 0 Å². The molecule has 0 aromatic carbocycles. The Morgan fingerprint density at radius 1 is 1.45 bits per heavy atom. The second-order valence-corrected chi connectivity index (χ2v) is 4.01. The van der Waals surface area contributed by atoms with E-state index >= 15 is 0 Å². The summed E-state index contributed by atoms with van der Waals surface area (Å²) in [5, 5.41) is 9.61. The van der Waals surface area contributed by atoms with Crippen LogP contribution in [0.4, 0.5) is 0 Å². The van der Waals surface area contributed by atoms with Crippen LogP contribution in [0.5, 0.6) is 0 Å². The zero-order chi connectivity index (χ0) is 8.32. The molecule has 0 amide bonds. The molecule has 0 bridgehead atoms. The molecule has 0 unspecified atom stereocenters. The SMILES string of the molecule is CC1(O)CCN(CCS)CC1. The van der Waals surface area contributed by atoms with Gasteiger partial charge in [0.05, 0.1) is 5.60 Å². The van der Waals surface area contributed by atoms with E-state index in [4.69, 9.17) is 0 Å². The van der Waals surface area contributed by atoms with Gasteiger partial charge in [-0.15, -0.1) is 0 Å². The molecule has 1 N–H and O–H groups in total. The quantitative estimate of drug-likeness (QED) is 0.605. The number of rotatable bonds is 2. The summed E-state index contributed by atoms with van der Waals surface area (Å²) >= 11 is 4.17. The summed E-state index contributed by atoms with van der Waals surface area (Å²) in [5.74, 6) is 0.919. The van der Waals surface area contributed by atoms with Crippen molar-refractivity contribution in [3.8, 4) is 0 Å². The minimum atomic E-state index is -0.410. The van der Waals surface area contributed by atoms with Crippen LogP contribution in [0.3, 0.4) is 0 Å². The fraction of sp³-hybridized carbons (Fsp3) is 1.00. The average molecular weight is 175 g/mol.